The minimum absolute atomic E-state index is 0.0804. The van der Waals surface area contributed by atoms with Gasteiger partial charge in [0.05, 0.1) is 6.42 Å². The lowest BCUT2D eigenvalue weighted by molar-refractivity contribution is -0.127. The summed E-state index contributed by atoms with van der Waals surface area (Å²) in [7, 11) is 3.51. The molecule has 1 amide bonds. The van der Waals surface area contributed by atoms with Crippen LogP contribution in [0.1, 0.15) is 5.56 Å². The Bertz CT molecular complexity index is 550. The zero-order valence-corrected chi connectivity index (χ0v) is 11.2. The van der Waals surface area contributed by atoms with Gasteiger partial charge in [0.2, 0.25) is 5.91 Å². The third kappa shape index (κ3) is 3.85. The highest BCUT2D eigenvalue weighted by Gasteiger charge is 2.06. The molecule has 0 bridgehead atoms. The minimum Gasteiger partial charge on any atom is -0.457 e. The molecule has 2 aromatic carbocycles. The van der Waals surface area contributed by atoms with E-state index in [1.165, 1.54) is 0 Å². The lowest BCUT2D eigenvalue weighted by atomic mass is 10.1. The molecule has 0 atom stereocenters. The largest absolute Gasteiger partial charge is 0.457 e. The van der Waals surface area contributed by atoms with Gasteiger partial charge in [-0.1, -0.05) is 30.3 Å². The zero-order valence-electron chi connectivity index (χ0n) is 11.2. The van der Waals surface area contributed by atoms with Gasteiger partial charge in [-0.2, -0.15) is 0 Å². The van der Waals surface area contributed by atoms with Crippen LogP contribution in [0.3, 0.4) is 0 Å². The van der Waals surface area contributed by atoms with E-state index in [1.807, 2.05) is 54.6 Å². The SMILES string of the molecule is CN(C)C(=O)Cc1cccc(Oc2ccccc2)c1. The number of amides is 1. The minimum atomic E-state index is 0.0804. The van der Waals surface area contributed by atoms with Crippen molar-refractivity contribution in [2.24, 2.45) is 0 Å². The van der Waals surface area contributed by atoms with Crippen LogP contribution >= 0.6 is 0 Å². The first-order valence-corrected chi connectivity index (χ1v) is 6.17. The summed E-state index contributed by atoms with van der Waals surface area (Å²) in [5, 5.41) is 0. The van der Waals surface area contributed by atoms with Crippen molar-refractivity contribution in [3.8, 4) is 11.5 Å². The van der Waals surface area contributed by atoms with Crippen LogP contribution in [0.4, 0.5) is 0 Å². The summed E-state index contributed by atoms with van der Waals surface area (Å²) in [6, 6.07) is 17.2. The molecule has 2 aromatic rings. The van der Waals surface area contributed by atoms with E-state index in [1.54, 1.807) is 19.0 Å². The molecule has 0 radical (unpaired) electrons. The molecule has 0 saturated heterocycles. The zero-order chi connectivity index (χ0) is 13.7. The average Bonchev–Trinajstić information content (AvgIpc) is 2.40. The van der Waals surface area contributed by atoms with E-state index < -0.39 is 0 Å². The summed E-state index contributed by atoms with van der Waals surface area (Å²) in [5.74, 6) is 1.62. The molecule has 0 spiro atoms. The van der Waals surface area contributed by atoms with Crippen molar-refractivity contribution in [3.63, 3.8) is 0 Å². The van der Waals surface area contributed by atoms with E-state index in [9.17, 15) is 4.79 Å². The van der Waals surface area contributed by atoms with E-state index >= 15 is 0 Å². The van der Waals surface area contributed by atoms with E-state index in [-0.39, 0.29) is 5.91 Å². The number of likely N-dealkylation sites (N-methyl/N-ethyl adjacent to an activating group) is 1. The van der Waals surface area contributed by atoms with Crippen LogP contribution in [0.25, 0.3) is 0 Å². The first-order chi connectivity index (χ1) is 9.15. The predicted molar refractivity (Wildman–Crippen MR) is 75.4 cm³/mol. The van der Waals surface area contributed by atoms with Gasteiger partial charge >= 0.3 is 0 Å². The standard InChI is InChI=1S/C16H17NO2/c1-17(2)16(18)12-13-7-6-10-15(11-13)19-14-8-4-3-5-9-14/h3-11H,12H2,1-2H3. The molecular weight excluding hydrogens is 238 g/mol. The third-order valence-electron chi connectivity index (χ3n) is 2.73. The Kier molecular flexibility index (Phi) is 4.18. The highest BCUT2D eigenvalue weighted by atomic mass is 16.5. The van der Waals surface area contributed by atoms with Crippen molar-refractivity contribution in [2.45, 2.75) is 6.42 Å². The number of nitrogens with zero attached hydrogens (tertiary/aromatic N) is 1. The van der Waals surface area contributed by atoms with Crippen LogP contribution in [-0.4, -0.2) is 24.9 Å². The van der Waals surface area contributed by atoms with Gasteiger partial charge in [-0.05, 0) is 29.8 Å². The maximum Gasteiger partial charge on any atom is 0.226 e. The highest BCUT2D eigenvalue weighted by molar-refractivity contribution is 5.78. The molecule has 0 N–H and O–H groups in total. The normalized spacial score (nSPS) is 10.0. The van der Waals surface area contributed by atoms with Gasteiger partial charge < -0.3 is 9.64 Å². The third-order valence-corrected chi connectivity index (χ3v) is 2.73. The second kappa shape index (κ2) is 6.05. The molecule has 0 saturated carbocycles. The second-order valence-electron chi connectivity index (χ2n) is 4.53. The number of ether oxygens (including phenoxy) is 1. The molecule has 3 heteroatoms. The van der Waals surface area contributed by atoms with E-state index in [4.69, 9.17) is 4.74 Å². The molecule has 3 nitrogen and oxygen atoms in total. The van der Waals surface area contributed by atoms with Gasteiger partial charge in [0, 0.05) is 14.1 Å². The number of rotatable bonds is 4. The van der Waals surface area contributed by atoms with Crippen molar-refractivity contribution in [1.29, 1.82) is 0 Å². The van der Waals surface area contributed by atoms with Gasteiger partial charge in [0.1, 0.15) is 11.5 Å². The maximum atomic E-state index is 11.7. The fourth-order valence-electron chi connectivity index (χ4n) is 1.68. The monoisotopic (exact) mass is 255 g/mol. The molecule has 0 aliphatic heterocycles. The Balaban J connectivity index is 2.09. The Morgan fingerprint density at radius 1 is 1.00 bits per heavy atom. The summed E-state index contributed by atoms with van der Waals surface area (Å²) < 4.78 is 5.74. The average molecular weight is 255 g/mol. The van der Waals surface area contributed by atoms with Gasteiger partial charge in [-0.25, -0.2) is 0 Å². The summed E-state index contributed by atoms with van der Waals surface area (Å²) in [6.45, 7) is 0. The van der Waals surface area contributed by atoms with Crippen LogP contribution in [0, 0.1) is 0 Å². The number of hydrogen-bond donors (Lipinski definition) is 0. The summed E-state index contributed by atoms with van der Waals surface area (Å²) in [6.07, 6.45) is 0.388. The van der Waals surface area contributed by atoms with Crippen LogP contribution in [0.5, 0.6) is 11.5 Å². The van der Waals surface area contributed by atoms with Crippen molar-refractivity contribution >= 4 is 5.91 Å². The van der Waals surface area contributed by atoms with Crippen LogP contribution < -0.4 is 4.74 Å². The van der Waals surface area contributed by atoms with Gasteiger partial charge in [0.25, 0.3) is 0 Å². The molecule has 0 aromatic heterocycles. The first-order valence-electron chi connectivity index (χ1n) is 6.17. The number of carbonyl (C=O) groups excluding carboxylic acids is 1. The van der Waals surface area contributed by atoms with Gasteiger partial charge in [-0.3, -0.25) is 4.79 Å². The molecular formula is C16H17NO2. The second-order valence-corrected chi connectivity index (χ2v) is 4.53. The van der Waals surface area contributed by atoms with Crippen LogP contribution in [0.2, 0.25) is 0 Å². The molecule has 0 heterocycles. The van der Waals surface area contributed by atoms with E-state index in [0.29, 0.717) is 6.42 Å². The molecule has 2 rings (SSSR count). The number of para-hydroxylation sites is 1. The van der Waals surface area contributed by atoms with Crippen LogP contribution in [-0.2, 0) is 11.2 Å². The number of benzene rings is 2. The van der Waals surface area contributed by atoms with Crippen molar-refractivity contribution in [1.82, 2.24) is 4.90 Å². The topological polar surface area (TPSA) is 29.5 Å². The molecule has 19 heavy (non-hydrogen) atoms. The van der Waals surface area contributed by atoms with Crippen molar-refractivity contribution < 1.29 is 9.53 Å². The Morgan fingerprint density at radius 3 is 2.37 bits per heavy atom. The Hall–Kier alpha value is -2.29. The Labute approximate surface area is 113 Å². The lowest BCUT2D eigenvalue weighted by Crippen LogP contribution is -2.23. The van der Waals surface area contributed by atoms with E-state index in [2.05, 4.69) is 0 Å². The van der Waals surface area contributed by atoms with Crippen molar-refractivity contribution in [3.05, 3.63) is 60.2 Å². The van der Waals surface area contributed by atoms with Gasteiger partial charge in [0.15, 0.2) is 0 Å². The fourth-order valence-corrected chi connectivity index (χ4v) is 1.68. The van der Waals surface area contributed by atoms with Crippen molar-refractivity contribution in [2.75, 3.05) is 14.1 Å². The molecule has 0 aliphatic carbocycles. The smallest absolute Gasteiger partial charge is 0.226 e. The maximum absolute atomic E-state index is 11.7. The molecule has 0 unspecified atom stereocenters. The summed E-state index contributed by atoms with van der Waals surface area (Å²) in [5.41, 5.74) is 0.951. The lowest BCUT2D eigenvalue weighted by Gasteiger charge is -2.11. The Morgan fingerprint density at radius 2 is 1.68 bits per heavy atom. The first kappa shape index (κ1) is 13.1. The number of hydrogen-bond acceptors (Lipinski definition) is 2. The molecule has 98 valence electrons. The molecule has 0 aliphatic rings. The van der Waals surface area contributed by atoms with Crippen LogP contribution in [0.15, 0.2) is 54.6 Å². The summed E-state index contributed by atoms with van der Waals surface area (Å²) in [4.78, 5) is 13.3. The fraction of sp³-hybridized carbons (Fsp3) is 0.188. The highest BCUT2D eigenvalue weighted by Crippen LogP contribution is 2.22. The summed E-state index contributed by atoms with van der Waals surface area (Å²) >= 11 is 0. The molecule has 0 fully saturated rings. The van der Waals surface area contributed by atoms with Gasteiger partial charge in [-0.15, -0.1) is 0 Å². The van der Waals surface area contributed by atoms with E-state index in [0.717, 1.165) is 17.1 Å². The predicted octanol–water partition coefficient (Wildman–Crippen LogP) is 3.11. The number of carbonyl (C=O) groups is 1. The quantitative estimate of drug-likeness (QED) is 0.840.